The molecule has 2 heteroatoms. The van der Waals surface area contributed by atoms with E-state index < -0.39 is 8.11 Å². The highest BCUT2D eigenvalue weighted by Crippen LogP contribution is 2.09. The van der Waals surface area contributed by atoms with Gasteiger partial charge in [0.25, 0.3) is 0 Å². The molecule has 0 heterocycles. The summed E-state index contributed by atoms with van der Waals surface area (Å²) in [4.78, 5) is 0. The lowest BCUT2D eigenvalue weighted by Gasteiger charge is -2.01. The van der Waals surface area contributed by atoms with Crippen LogP contribution < -0.4 is 0 Å². The minimum atomic E-state index is -0.674. The van der Waals surface area contributed by atoms with E-state index in [1.807, 2.05) is 18.2 Å². The lowest BCUT2D eigenvalue weighted by molar-refractivity contribution is 1.37. The zero-order valence-corrected chi connectivity index (χ0v) is 8.93. The lowest BCUT2D eigenvalue weighted by atomic mass is 10.1. The maximum atomic E-state index is 5.98. The third kappa shape index (κ3) is 2.84. The second kappa shape index (κ2) is 4.48. The number of hydrogen-bond donors (Lipinski definition) is 0. The molecule has 0 aromatic heterocycles. The number of rotatable bonds is 3. The molecule has 1 aromatic rings. The zero-order valence-electron chi connectivity index (χ0n) is 7.18. The monoisotopic (exact) mass is 195 g/mol. The molecule has 0 nitrogen and oxygen atoms in total. The highest BCUT2D eigenvalue weighted by atomic mass is 35.6. The average Bonchev–Trinajstić information content (AvgIpc) is 2.03. The molecule has 1 rings (SSSR count). The normalized spacial score (nSPS) is 10.2. The van der Waals surface area contributed by atoms with Crippen LogP contribution in [-0.4, -0.2) is 8.11 Å². The predicted molar refractivity (Wildman–Crippen MR) is 57.7 cm³/mol. The van der Waals surface area contributed by atoms with Gasteiger partial charge in [-0.15, -0.1) is 0 Å². The van der Waals surface area contributed by atoms with Crippen molar-refractivity contribution in [3.05, 3.63) is 42.0 Å². The molecule has 63 valence electrons. The summed E-state index contributed by atoms with van der Waals surface area (Å²) < 4.78 is 0. The molecular formula is C10H12ClSi. The van der Waals surface area contributed by atoms with Crippen LogP contribution >= 0.6 is 11.1 Å². The number of halogens is 1. The molecule has 0 saturated carbocycles. The smallest absolute Gasteiger partial charge is 0.166 e. The summed E-state index contributed by atoms with van der Waals surface area (Å²) in [6, 6.07) is 9.38. The maximum Gasteiger partial charge on any atom is 0.166 e. The number of benzene rings is 1. The van der Waals surface area contributed by atoms with Crippen LogP contribution in [0.25, 0.3) is 6.08 Å². The third-order valence-electron chi connectivity index (χ3n) is 1.63. The Balaban J connectivity index is 2.79. The highest BCUT2D eigenvalue weighted by molar-refractivity contribution is 7.05. The van der Waals surface area contributed by atoms with Crippen LogP contribution in [-0.2, 0) is 6.04 Å². The van der Waals surface area contributed by atoms with Crippen LogP contribution in [0.15, 0.2) is 30.8 Å². The second-order valence-corrected chi connectivity index (χ2v) is 6.44. The van der Waals surface area contributed by atoms with E-state index in [2.05, 4.69) is 25.3 Å². The summed E-state index contributed by atoms with van der Waals surface area (Å²) in [6.07, 6.45) is 1.86. The molecule has 0 amide bonds. The van der Waals surface area contributed by atoms with Gasteiger partial charge in [0.1, 0.15) is 0 Å². The topological polar surface area (TPSA) is 0 Å². The minimum Gasteiger partial charge on any atom is -0.169 e. The molecular weight excluding hydrogens is 184 g/mol. The molecule has 0 aliphatic heterocycles. The Bertz CT molecular complexity index is 268. The standard InChI is InChI=1S/C10H12ClSi/c1-3-9-5-4-6-10(7-9)8-12(2)11/h3-7H,1,8H2,2H3. The van der Waals surface area contributed by atoms with Crippen molar-refractivity contribution in [2.75, 3.05) is 0 Å². The predicted octanol–water partition coefficient (Wildman–Crippen LogP) is 3.27. The SMILES string of the molecule is C=Cc1cccc(C[Si](C)Cl)c1. The zero-order chi connectivity index (χ0) is 8.97. The van der Waals surface area contributed by atoms with Crippen molar-refractivity contribution in [3.8, 4) is 0 Å². The Hall–Kier alpha value is -0.533. The van der Waals surface area contributed by atoms with Crippen molar-refractivity contribution in [2.24, 2.45) is 0 Å². The van der Waals surface area contributed by atoms with Crippen molar-refractivity contribution in [3.63, 3.8) is 0 Å². The van der Waals surface area contributed by atoms with Crippen LogP contribution in [0.3, 0.4) is 0 Å². The van der Waals surface area contributed by atoms with E-state index in [0.29, 0.717) is 0 Å². The van der Waals surface area contributed by atoms with Gasteiger partial charge in [-0.3, -0.25) is 0 Å². The van der Waals surface area contributed by atoms with Crippen LogP contribution in [0.5, 0.6) is 0 Å². The van der Waals surface area contributed by atoms with Gasteiger partial charge in [-0.05, 0) is 17.2 Å². The summed E-state index contributed by atoms with van der Waals surface area (Å²) >= 11 is 5.98. The van der Waals surface area contributed by atoms with Gasteiger partial charge in [0, 0.05) is 0 Å². The minimum absolute atomic E-state index is 0.674. The Morgan fingerprint density at radius 2 is 2.33 bits per heavy atom. The molecule has 0 saturated heterocycles. The summed E-state index contributed by atoms with van der Waals surface area (Å²) in [5.41, 5.74) is 2.49. The van der Waals surface area contributed by atoms with E-state index >= 15 is 0 Å². The fraction of sp³-hybridized carbons (Fsp3) is 0.200. The Labute approximate surface area is 80.2 Å². The van der Waals surface area contributed by atoms with Gasteiger partial charge in [0.15, 0.2) is 8.11 Å². The molecule has 0 fully saturated rings. The Morgan fingerprint density at radius 1 is 1.58 bits per heavy atom. The molecule has 12 heavy (non-hydrogen) atoms. The molecule has 0 bridgehead atoms. The van der Waals surface area contributed by atoms with E-state index in [1.54, 1.807) is 0 Å². The molecule has 0 aliphatic carbocycles. The van der Waals surface area contributed by atoms with Crippen LogP contribution in [0.4, 0.5) is 0 Å². The van der Waals surface area contributed by atoms with Gasteiger partial charge in [-0.1, -0.05) is 43.5 Å². The van der Waals surface area contributed by atoms with E-state index in [0.717, 1.165) is 6.04 Å². The average molecular weight is 196 g/mol. The second-order valence-electron chi connectivity index (χ2n) is 2.80. The number of hydrogen-bond acceptors (Lipinski definition) is 0. The molecule has 1 radical (unpaired) electrons. The Kier molecular flexibility index (Phi) is 3.57. The van der Waals surface area contributed by atoms with Crippen molar-refractivity contribution >= 4 is 25.3 Å². The van der Waals surface area contributed by atoms with E-state index in [1.165, 1.54) is 11.1 Å². The largest absolute Gasteiger partial charge is 0.169 e. The summed E-state index contributed by atoms with van der Waals surface area (Å²) in [5.74, 6) is 0. The van der Waals surface area contributed by atoms with Crippen molar-refractivity contribution in [1.82, 2.24) is 0 Å². The molecule has 1 aromatic carbocycles. The van der Waals surface area contributed by atoms with Gasteiger partial charge in [0.05, 0.1) is 0 Å². The van der Waals surface area contributed by atoms with E-state index in [-0.39, 0.29) is 0 Å². The van der Waals surface area contributed by atoms with Gasteiger partial charge < -0.3 is 0 Å². The van der Waals surface area contributed by atoms with E-state index in [9.17, 15) is 0 Å². The molecule has 0 aliphatic rings. The molecule has 0 N–H and O–H groups in total. The van der Waals surface area contributed by atoms with E-state index in [4.69, 9.17) is 11.1 Å². The first kappa shape index (κ1) is 9.55. The fourth-order valence-electron chi connectivity index (χ4n) is 1.11. The van der Waals surface area contributed by atoms with Crippen LogP contribution in [0.2, 0.25) is 6.55 Å². The van der Waals surface area contributed by atoms with Crippen LogP contribution in [0.1, 0.15) is 11.1 Å². The maximum absolute atomic E-state index is 5.98. The fourth-order valence-corrected chi connectivity index (χ4v) is 2.36. The molecule has 0 spiro atoms. The first-order valence-corrected chi connectivity index (χ1v) is 7.13. The summed E-state index contributed by atoms with van der Waals surface area (Å²) in [6.45, 7) is 5.83. The van der Waals surface area contributed by atoms with Gasteiger partial charge >= 0.3 is 0 Å². The van der Waals surface area contributed by atoms with Gasteiger partial charge in [-0.25, -0.2) is 0 Å². The third-order valence-corrected chi connectivity index (χ3v) is 2.93. The first-order valence-electron chi connectivity index (χ1n) is 3.91. The summed E-state index contributed by atoms with van der Waals surface area (Å²) in [7, 11) is -0.674. The highest BCUT2D eigenvalue weighted by Gasteiger charge is 2.01. The molecule has 0 unspecified atom stereocenters. The quantitative estimate of drug-likeness (QED) is 0.513. The van der Waals surface area contributed by atoms with Gasteiger partial charge in [-0.2, -0.15) is 11.1 Å². The van der Waals surface area contributed by atoms with Crippen molar-refractivity contribution in [1.29, 1.82) is 0 Å². The lowest BCUT2D eigenvalue weighted by Crippen LogP contribution is -2.02. The first-order chi connectivity index (χ1) is 5.72. The van der Waals surface area contributed by atoms with Gasteiger partial charge in [0.2, 0.25) is 0 Å². The van der Waals surface area contributed by atoms with Crippen molar-refractivity contribution < 1.29 is 0 Å². The molecule has 0 atom stereocenters. The summed E-state index contributed by atoms with van der Waals surface area (Å²) in [5, 5.41) is 0. The Morgan fingerprint density at radius 3 is 2.92 bits per heavy atom. The van der Waals surface area contributed by atoms with Crippen molar-refractivity contribution in [2.45, 2.75) is 12.6 Å². The van der Waals surface area contributed by atoms with Crippen LogP contribution in [0, 0.1) is 0 Å².